The molecule has 1 amide bonds. The lowest BCUT2D eigenvalue weighted by atomic mass is 9.81. The minimum atomic E-state index is 0.303. The summed E-state index contributed by atoms with van der Waals surface area (Å²) in [5.74, 6) is 0.928. The first kappa shape index (κ1) is 11.5. The normalized spacial score (nSPS) is 21.1. The van der Waals surface area contributed by atoms with Gasteiger partial charge in [-0.3, -0.25) is 4.79 Å². The van der Waals surface area contributed by atoms with E-state index in [2.05, 4.69) is 27.7 Å². The van der Waals surface area contributed by atoms with Gasteiger partial charge in [0.25, 0.3) is 0 Å². The molecule has 1 heterocycles. The molecule has 0 spiro atoms. The van der Waals surface area contributed by atoms with Gasteiger partial charge in [-0.2, -0.15) is 0 Å². The van der Waals surface area contributed by atoms with Crippen LogP contribution in [-0.2, 0) is 4.79 Å². The molecule has 1 rings (SSSR count). The van der Waals surface area contributed by atoms with Crippen LogP contribution in [-0.4, -0.2) is 23.9 Å². The van der Waals surface area contributed by atoms with E-state index in [1.165, 1.54) is 6.42 Å². The Morgan fingerprint density at radius 1 is 1.36 bits per heavy atom. The summed E-state index contributed by atoms with van der Waals surface area (Å²) in [5, 5.41) is 0. The Morgan fingerprint density at radius 3 is 2.50 bits per heavy atom. The Hall–Kier alpha value is -0.530. The van der Waals surface area contributed by atoms with Crippen LogP contribution in [0.15, 0.2) is 0 Å². The molecule has 0 aromatic heterocycles. The first-order chi connectivity index (χ1) is 6.41. The van der Waals surface area contributed by atoms with Gasteiger partial charge in [0.1, 0.15) is 0 Å². The number of carbonyl (C=O) groups is 1. The Morgan fingerprint density at radius 2 is 2.00 bits per heavy atom. The number of carbonyl (C=O) groups excluding carboxylic acids is 1. The van der Waals surface area contributed by atoms with E-state index >= 15 is 0 Å². The fourth-order valence-electron chi connectivity index (χ4n) is 1.66. The largest absolute Gasteiger partial charge is 0.342 e. The van der Waals surface area contributed by atoms with Crippen LogP contribution in [0.25, 0.3) is 0 Å². The molecule has 2 heteroatoms. The van der Waals surface area contributed by atoms with Crippen LogP contribution in [0, 0.1) is 11.3 Å². The molecule has 1 aliphatic rings. The standard InChI is InChI=1S/C12H23NO/c1-10(12(2,3)4)9-13-8-6-5-7-11(13)14/h10H,5-9H2,1-4H3/t10-/m1/s1. The van der Waals surface area contributed by atoms with Gasteiger partial charge in [0.15, 0.2) is 0 Å². The Kier molecular flexibility index (Phi) is 3.57. The molecule has 0 unspecified atom stereocenters. The Bertz CT molecular complexity index is 205. The van der Waals surface area contributed by atoms with Gasteiger partial charge in [0, 0.05) is 19.5 Å². The van der Waals surface area contributed by atoms with Crippen LogP contribution in [0.3, 0.4) is 0 Å². The number of piperidine rings is 1. The third-order valence-electron chi connectivity index (χ3n) is 3.39. The summed E-state index contributed by atoms with van der Waals surface area (Å²) < 4.78 is 0. The number of hydrogen-bond donors (Lipinski definition) is 0. The molecule has 1 fully saturated rings. The van der Waals surface area contributed by atoms with Gasteiger partial charge in [-0.1, -0.05) is 27.7 Å². The molecule has 2 nitrogen and oxygen atoms in total. The Labute approximate surface area is 87.7 Å². The molecule has 0 aromatic carbocycles. The van der Waals surface area contributed by atoms with E-state index in [1.54, 1.807) is 0 Å². The smallest absolute Gasteiger partial charge is 0.222 e. The van der Waals surface area contributed by atoms with Gasteiger partial charge in [0.05, 0.1) is 0 Å². The van der Waals surface area contributed by atoms with Crippen molar-refractivity contribution in [2.24, 2.45) is 11.3 Å². The van der Waals surface area contributed by atoms with Crippen molar-refractivity contribution in [2.75, 3.05) is 13.1 Å². The molecule has 0 N–H and O–H groups in total. The van der Waals surface area contributed by atoms with E-state index in [4.69, 9.17) is 0 Å². The molecule has 0 bridgehead atoms. The molecule has 1 saturated heterocycles. The lowest BCUT2D eigenvalue weighted by molar-refractivity contribution is -0.134. The monoisotopic (exact) mass is 197 g/mol. The summed E-state index contributed by atoms with van der Waals surface area (Å²) in [6, 6.07) is 0. The van der Waals surface area contributed by atoms with Gasteiger partial charge >= 0.3 is 0 Å². The zero-order chi connectivity index (χ0) is 10.8. The predicted octanol–water partition coefficient (Wildman–Crippen LogP) is 2.68. The van der Waals surface area contributed by atoms with Gasteiger partial charge in [0.2, 0.25) is 5.91 Å². The minimum Gasteiger partial charge on any atom is -0.342 e. The van der Waals surface area contributed by atoms with Crippen molar-refractivity contribution in [3.63, 3.8) is 0 Å². The summed E-state index contributed by atoms with van der Waals surface area (Å²) >= 11 is 0. The maximum atomic E-state index is 11.6. The summed E-state index contributed by atoms with van der Waals surface area (Å²) in [6.07, 6.45) is 3.03. The second-order valence-electron chi connectivity index (χ2n) is 5.56. The van der Waals surface area contributed by atoms with Crippen molar-refractivity contribution in [3.05, 3.63) is 0 Å². The van der Waals surface area contributed by atoms with Crippen molar-refractivity contribution in [1.82, 2.24) is 4.90 Å². The number of rotatable bonds is 2. The highest BCUT2D eigenvalue weighted by Gasteiger charge is 2.25. The first-order valence-corrected chi connectivity index (χ1v) is 5.69. The predicted molar refractivity (Wildman–Crippen MR) is 59.1 cm³/mol. The molecule has 0 saturated carbocycles. The molecule has 82 valence electrons. The highest BCUT2D eigenvalue weighted by Crippen LogP contribution is 2.27. The average molecular weight is 197 g/mol. The number of nitrogens with zero attached hydrogens (tertiary/aromatic N) is 1. The van der Waals surface area contributed by atoms with E-state index in [0.29, 0.717) is 17.2 Å². The van der Waals surface area contributed by atoms with Crippen LogP contribution < -0.4 is 0 Å². The topological polar surface area (TPSA) is 20.3 Å². The van der Waals surface area contributed by atoms with E-state index in [-0.39, 0.29) is 0 Å². The number of amides is 1. The van der Waals surface area contributed by atoms with Crippen LogP contribution in [0.4, 0.5) is 0 Å². The molecule has 0 aromatic rings. The lowest BCUT2D eigenvalue weighted by Crippen LogP contribution is -2.40. The quantitative estimate of drug-likeness (QED) is 0.666. The van der Waals surface area contributed by atoms with Gasteiger partial charge in [-0.25, -0.2) is 0 Å². The molecule has 0 radical (unpaired) electrons. The van der Waals surface area contributed by atoms with Crippen molar-refractivity contribution < 1.29 is 4.79 Å². The summed E-state index contributed by atoms with van der Waals surface area (Å²) in [7, 11) is 0. The van der Waals surface area contributed by atoms with Crippen LogP contribution >= 0.6 is 0 Å². The van der Waals surface area contributed by atoms with E-state index in [9.17, 15) is 4.79 Å². The van der Waals surface area contributed by atoms with Crippen molar-refractivity contribution in [2.45, 2.75) is 47.0 Å². The second-order valence-corrected chi connectivity index (χ2v) is 5.56. The molecule has 1 atom stereocenters. The van der Waals surface area contributed by atoms with E-state index in [1.807, 2.05) is 4.90 Å². The van der Waals surface area contributed by atoms with Crippen LogP contribution in [0.1, 0.15) is 47.0 Å². The summed E-state index contributed by atoms with van der Waals surface area (Å²) in [6.45, 7) is 10.9. The molecule has 0 aliphatic carbocycles. The third kappa shape index (κ3) is 3.00. The minimum absolute atomic E-state index is 0.303. The van der Waals surface area contributed by atoms with Crippen LogP contribution in [0.5, 0.6) is 0 Å². The van der Waals surface area contributed by atoms with Gasteiger partial charge in [-0.15, -0.1) is 0 Å². The molecule has 14 heavy (non-hydrogen) atoms. The van der Waals surface area contributed by atoms with Crippen molar-refractivity contribution >= 4 is 5.91 Å². The van der Waals surface area contributed by atoms with Crippen molar-refractivity contribution in [3.8, 4) is 0 Å². The highest BCUT2D eigenvalue weighted by atomic mass is 16.2. The fourth-order valence-corrected chi connectivity index (χ4v) is 1.66. The van der Waals surface area contributed by atoms with Gasteiger partial charge < -0.3 is 4.90 Å². The molecule has 1 aliphatic heterocycles. The van der Waals surface area contributed by atoms with Gasteiger partial charge in [-0.05, 0) is 24.2 Å². The summed E-state index contributed by atoms with van der Waals surface area (Å²) in [5.41, 5.74) is 0.303. The fraction of sp³-hybridized carbons (Fsp3) is 0.917. The van der Waals surface area contributed by atoms with E-state index in [0.717, 1.165) is 25.9 Å². The zero-order valence-electron chi connectivity index (χ0n) is 9.97. The summed E-state index contributed by atoms with van der Waals surface area (Å²) in [4.78, 5) is 13.6. The lowest BCUT2D eigenvalue weighted by Gasteiger charge is -2.34. The second kappa shape index (κ2) is 4.33. The molecular formula is C12H23NO. The molecular weight excluding hydrogens is 174 g/mol. The number of likely N-dealkylation sites (tertiary alicyclic amines) is 1. The Balaban J connectivity index is 2.46. The maximum Gasteiger partial charge on any atom is 0.222 e. The third-order valence-corrected chi connectivity index (χ3v) is 3.39. The first-order valence-electron chi connectivity index (χ1n) is 5.69. The zero-order valence-corrected chi connectivity index (χ0v) is 9.97. The maximum absolute atomic E-state index is 11.6. The van der Waals surface area contributed by atoms with E-state index < -0.39 is 0 Å². The average Bonchev–Trinajstić information content (AvgIpc) is 2.07. The highest BCUT2D eigenvalue weighted by molar-refractivity contribution is 5.76. The number of hydrogen-bond acceptors (Lipinski definition) is 1. The van der Waals surface area contributed by atoms with Crippen molar-refractivity contribution in [1.29, 1.82) is 0 Å². The van der Waals surface area contributed by atoms with Crippen LogP contribution in [0.2, 0.25) is 0 Å². The SMILES string of the molecule is C[C@H](CN1CCCCC1=O)C(C)(C)C.